The Bertz CT molecular complexity index is 282. The van der Waals surface area contributed by atoms with E-state index in [1.165, 1.54) is 0 Å². The van der Waals surface area contributed by atoms with Crippen molar-refractivity contribution in [1.82, 2.24) is 0 Å². The van der Waals surface area contributed by atoms with E-state index in [4.69, 9.17) is 10.8 Å². The molecule has 0 saturated carbocycles. The molecule has 0 aliphatic rings. The fourth-order valence-corrected chi connectivity index (χ4v) is 1.09. The molecule has 16 heavy (non-hydrogen) atoms. The fourth-order valence-electron chi connectivity index (χ4n) is 1.09. The lowest BCUT2D eigenvalue weighted by molar-refractivity contribution is -0.131. The Labute approximate surface area is 95.8 Å². The number of amides is 1. The van der Waals surface area contributed by atoms with E-state index in [2.05, 4.69) is 0 Å². The van der Waals surface area contributed by atoms with E-state index in [1.54, 1.807) is 0 Å². The van der Waals surface area contributed by atoms with Crippen molar-refractivity contribution < 1.29 is 14.7 Å². The molecule has 1 atom stereocenters. The van der Waals surface area contributed by atoms with E-state index in [0.29, 0.717) is 12.8 Å². The van der Waals surface area contributed by atoms with Crippen molar-refractivity contribution in [3.05, 3.63) is 24.3 Å². The number of nitrogens with two attached hydrogens (primary N) is 1. The van der Waals surface area contributed by atoms with Gasteiger partial charge in [-0.15, -0.1) is 0 Å². The average molecular weight is 225 g/mol. The summed E-state index contributed by atoms with van der Waals surface area (Å²) in [5, 5.41) is 9.05. The molecule has 4 nitrogen and oxygen atoms in total. The normalized spacial score (nSPS) is 13.4. The highest BCUT2D eigenvalue weighted by Gasteiger charge is 2.14. The zero-order valence-corrected chi connectivity index (χ0v) is 9.56. The van der Waals surface area contributed by atoms with Crippen molar-refractivity contribution in [1.29, 1.82) is 0 Å². The first kappa shape index (κ1) is 14.6. The molecule has 0 radical (unpaired) electrons. The van der Waals surface area contributed by atoms with E-state index in [9.17, 15) is 9.59 Å². The van der Waals surface area contributed by atoms with Crippen molar-refractivity contribution in [2.75, 3.05) is 0 Å². The topological polar surface area (TPSA) is 80.4 Å². The van der Waals surface area contributed by atoms with Crippen LogP contribution in [0, 0.1) is 0 Å². The number of primary amides is 1. The van der Waals surface area contributed by atoms with Crippen LogP contribution in [0.2, 0.25) is 0 Å². The molecule has 1 amide bonds. The van der Waals surface area contributed by atoms with Crippen molar-refractivity contribution in [2.45, 2.75) is 38.7 Å². The Hall–Kier alpha value is -1.42. The van der Waals surface area contributed by atoms with Gasteiger partial charge < -0.3 is 10.8 Å². The molecule has 0 aromatic heterocycles. The number of carbonyl (C=O) groups is 2. The number of Topliss-reactive ketones (excluding diaryl/α,β-unsaturated/α-hetero) is 1. The van der Waals surface area contributed by atoms with Gasteiger partial charge in [-0.3, -0.25) is 9.59 Å². The van der Waals surface area contributed by atoms with E-state index in [1.807, 2.05) is 31.2 Å². The van der Waals surface area contributed by atoms with Crippen molar-refractivity contribution in [3.63, 3.8) is 0 Å². The van der Waals surface area contributed by atoms with Gasteiger partial charge >= 0.3 is 0 Å². The molecule has 0 spiro atoms. The van der Waals surface area contributed by atoms with Gasteiger partial charge in [0, 0.05) is 12.8 Å². The second kappa shape index (κ2) is 8.85. The number of hydrogen-bond donors (Lipinski definition) is 2. The predicted octanol–water partition coefficient (Wildman–Crippen LogP) is 1.09. The molecule has 3 N–H and O–H groups in total. The number of aliphatic hydroxyl groups is 1. The molecule has 0 bridgehead atoms. The highest BCUT2D eigenvalue weighted by Crippen LogP contribution is 2.01. The molecule has 0 aliphatic carbocycles. The Morgan fingerprint density at radius 2 is 2.00 bits per heavy atom. The molecule has 90 valence electrons. The minimum absolute atomic E-state index is 0.151. The highest BCUT2D eigenvalue weighted by atomic mass is 16.3. The summed E-state index contributed by atoms with van der Waals surface area (Å²) in [6.45, 7) is 1.95. The summed E-state index contributed by atoms with van der Waals surface area (Å²) >= 11 is 0. The molecule has 0 rings (SSSR count). The van der Waals surface area contributed by atoms with Crippen LogP contribution >= 0.6 is 0 Å². The largest absolute Gasteiger partial charge is 0.383 e. The Kier molecular flexibility index (Phi) is 8.07. The van der Waals surface area contributed by atoms with Crippen LogP contribution < -0.4 is 5.73 Å². The van der Waals surface area contributed by atoms with Crippen LogP contribution in [0.15, 0.2) is 24.3 Å². The standard InChI is InChI=1S/C12H19NO3/c1-2-3-4-5-6-7-8-10(14)9-11(15)12(13)16/h2-3,5-6,11,15H,4,7-9H2,1H3,(H2,13,16)/b3-2+,6-5+. The van der Waals surface area contributed by atoms with Gasteiger partial charge in [0.25, 0.3) is 0 Å². The second-order valence-corrected chi connectivity index (χ2v) is 3.48. The SMILES string of the molecule is C/C=C/C/C=C/CCC(=O)CC(O)C(N)=O. The Morgan fingerprint density at radius 1 is 1.31 bits per heavy atom. The Balaban J connectivity index is 3.66. The summed E-state index contributed by atoms with van der Waals surface area (Å²) in [5.41, 5.74) is 4.83. The maximum absolute atomic E-state index is 11.2. The van der Waals surface area contributed by atoms with E-state index in [-0.39, 0.29) is 12.2 Å². The summed E-state index contributed by atoms with van der Waals surface area (Å²) in [7, 11) is 0. The summed E-state index contributed by atoms with van der Waals surface area (Å²) < 4.78 is 0. The maximum atomic E-state index is 11.2. The molecule has 0 saturated heterocycles. The third-order valence-corrected chi connectivity index (χ3v) is 2.01. The molecular weight excluding hydrogens is 206 g/mol. The van der Waals surface area contributed by atoms with Crippen LogP contribution in [0.3, 0.4) is 0 Å². The van der Waals surface area contributed by atoms with E-state index >= 15 is 0 Å². The number of hydrogen-bond acceptors (Lipinski definition) is 3. The molecule has 0 heterocycles. The predicted molar refractivity (Wildman–Crippen MR) is 62.6 cm³/mol. The van der Waals surface area contributed by atoms with Gasteiger partial charge in [-0.2, -0.15) is 0 Å². The summed E-state index contributed by atoms with van der Waals surface area (Å²) in [6, 6.07) is 0. The minimum Gasteiger partial charge on any atom is -0.383 e. The first-order valence-electron chi connectivity index (χ1n) is 5.33. The van der Waals surface area contributed by atoms with Crippen LogP contribution in [-0.2, 0) is 9.59 Å². The lowest BCUT2D eigenvalue weighted by Crippen LogP contribution is -2.30. The number of carbonyl (C=O) groups excluding carboxylic acids is 2. The number of rotatable bonds is 8. The second-order valence-electron chi connectivity index (χ2n) is 3.48. The molecular formula is C12H19NO3. The van der Waals surface area contributed by atoms with Crippen molar-refractivity contribution >= 4 is 11.7 Å². The van der Waals surface area contributed by atoms with Gasteiger partial charge in [-0.1, -0.05) is 24.3 Å². The lowest BCUT2D eigenvalue weighted by atomic mass is 10.1. The van der Waals surface area contributed by atoms with Crippen LogP contribution in [0.4, 0.5) is 0 Å². The average Bonchev–Trinajstić information content (AvgIpc) is 2.23. The van der Waals surface area contributed by atoms with Crippen molar-refractivity contribution in [3.8, 4) is 0 Å². The summed E-state index contributed by atoms with van der Waals surface area (Å²) in [4.78, 5) is 21.7. The van der Waals surface area contributed by atoms with Gasteiger partial charge in [0.2, 0.25) is 5.91 Å². The summed E-state index contributed by atoms with van der Waals surface area (Å²) in [5.74, 6) is -1.00. The maximum Gasteiger partial charge on any atom is 0.246 e. The molecule has 0 aliphatic heterocycles. The first-order chi connectivity index (χ1) is 7.57. The van der Waals surface area contributed by atoms with Crippen LogP contribution in [0.1, 0.15) is 32.6 Å². The summed E-state index contributed by atoms with van der Waals surface area (Å²) in [6.07, 6.45) is 8.13. The van der Waals surface area contributed by atoms with Crippen molar-refractivity contribution in [2.24, 2.45) is 5.73 Å². The van der Waals surface area contributed by atoms with Gasteiger partial charge in [0.05, 0.1) is 0 Å². The first-order valence-corrected chi connectivity index (χ1v) is 5.33. The molecule has 4 heteroatoms. The molecule has 0 aromatic carbocycles. The van der Waals surface area contributed by atoms with Gasteiger partial charge in [-0.25, -0.2) is 0 Å². The van der Waals surface area contributed by atoms with Crippen LogP contribution in [0.25, 0.3) is 0 Å². The van der Waals surface area contributed by atoms with E-state index in [0.717, 1.165) is 6.42 Å². The third kappa shape index (κ3) is 7.94. The molecule has 0 fully saturated rings. The molecule has 1 unspecified atom stereocenters. The van der Waals surface area contributed by atoms with Gasteiger partial charge in [-0.05, 0) is 19.8 Å². The highest BCUT2D eigenvalue weighted by molar-refractivity contribution is 5.87. The number of ketones is 1. The number of aliphatic hydroxyl groups excluding tert-OH is 1. The zero-order chi connectivity index (χ0) is 12.4. The third-order valence-electron chi connectivity index (χ3n) is 2.01. The quantitative estimate of drug-likeness (QED) is 0.607. The van der Waals surface area contributed by atoms with E-state index < -0.39 is 12.0 Å². The van der Waals surface area contributed by atoms with Crippen LogP contribution in [-0.4, -0.2) is 22.9 Å². The monoisotopic (exact) mass is 225 g/mol. The smallest absolute Gasteiger partial charge is 0.246 e. The van der Waals surface area contributed by atoms with Gasteiger partial charge in [0.1, 0.15) is 11.9 Å². The zero-order valence-electron chi connectivity index (χ0n) is 9.56. The Morgan fingerprint density at radius 3 is 2.56 bits per heavy atom. The lowest BCUT2D eigenvalue weighted by Gasteiger charge is -2.03. The minimum atomic E-state index is -1.35. The fraction of sp³-hybridized carbons (Fsp3) is 0.500. The number of allylic oxidation sites excluding steroid dienone is 4. The van der Waals surface area contributed by atoms with Crippen LogP contribution in [0.5, 0.6) is 0 Å². The molecule has 0 aromatic rings. The van der Waals surface area contributed by atoms with Gasteiger partial charge in [0.15, 0.2) is 0 Å².